The highest BCUT2D eigenvalue weighted by Gasteiger charge is 2.32. The molecular formula is C14H29N3O. The van der Waals surface area contributed by atoms with Gasteiger partial charge in [-0.2, -0.15) is 0 Å². The lowest BCUT2D eigenvalue weighted by molar-refractivity contribution is -0.124. The van der Waals surface area contributed by atoms with E-state index in [1.807, 2.05) is 20.8 Å². The van der Waals surface area contributed by atoms with Crippen molar-refractivity contribution in [2.45, 2.75) is 71.0 Å². The molecule has 1 fully saturated rings. The van der Waals surface area contributed by atoms with Crippen LogP contribution in [0.1, 0.15) is 53.4 Å². The lowest BCUT2D eigenvalue weighted by atomic mass is 9.93. The lowest BCUT2D eigenvalue weighted by Crippen LogP contribution is -2.55. The second kappa shape index (κ2) is 6.53. The fourth-order valence-electron chi connectivity index (χ4n) is 2.58. The van der Waals surface area contributed by atoms with Crippen LogP contribution in [0.25, 0.3) is 0 Å². The number of amides is 1. The number of nitrogens with two attached hydrogens (primary N) is 1. The average molecular weight is 255 g/mol. The Hall–Kier alpha value is -0.610. The van der Waals surface area contributed by atoms with Gasteiger partial charge in [0.25, 0.3) is 0 Å². The van der Waals surface area contributed by atoms with Crippen molar-refractivity contribution in [2.75, 3.05) is 13.1 Å². The van der Waals surface area contributed by atoms with Gasteiger partial charge in [-0.15, -0.1) is 0 Å². The summed E-state index contributed by atoms with van der Waals surface area (Å²) in [4.78, 5) is 14.1. The molecule has 3 N–H and O–H groups in total. The molecule has 0 spiro atoms. The van der Waals surface area contributed by atoms with Crippen molar-refractivity contribution in [3.63, 3.8) is 0 Å². The van der Waals surface area contributed by atoms with E-state index in [9.17, 15) is 4.79 Å². The van der Waals surface area contributed by atoms with Gasteiger partial charge in [0.1, 0.15) is 0 Å². The summed E-state index contributed by atoms with van der Waals surface area (Å²) in [5.41, 5.74) is 4.95. The first-order valence-electron chi connectivity index (χ1n) is 7.20. The van der Waals surface area contributed by atoms with E-state index in [1.165, 1.54) is 12.8 Å². The molecule has 1 rings (SSSR count). The zero-order valence-electron chi connectivity index (χ0n) is 12.3. The van der Waals surface area contributed by atoms with E-state index in [4.69, 9.17) is 5.73 Å². The minimum absolute atomic E-state index is 0.245. The SMILES string of the molecule is CCN(CCCC(C)(NC(C)C)C(N)=O)C1CC1. The maximum atomic E-state index is 11.6. The molecule has 106 valence electrons. The first-order valence-corrected chi connectivity index (χ1v) is 7.20. The van der Waals surface area contributed by atoms with Crippen LogP contribution in [0.2, 0.25) is 0 Å². The van der Waals surface area contributed by atoms with E-state index in [0.717, 1.165) is 32.0 Å². The third-order valence-electron chi connectivity index (χ3n) is 3.74. The summed E-state index contributed by atoms with van der Waals surface area (Å²) in [6, 6.07) is 1.07. The van der Waals surface area contributed by atoms with Crippen LogP contribution in [-0.4, -0.2) is 41.5 Å². The van der Waals surface area contributed by atoms with Crippen LogP contribution in [-0.2, 0) is 4.79 Å². The number of hydrogen-bond donors (Lipinski definition) is 2. The second-order valence-corrected chi connectivity index (χ2v) is 5.96. The Bertz CT molecular complexity index is 276. The largest absolute Gasteiger partial charge is 0.368 e. The number of primary amides is 1. The average Bonchev–Trinajstić information content (AvgIpc) is 3.07. The molecule has 0 aromatic heterocycles. The summed E-state index contributed by atoms with van der Waals surface area (Å²) in [5.74, 6) is -0.245. The van der Waals surface area contributed by atoms with Crippen LogP contribution >= 0.6 is 0 Å². The van der Waals surface area contributed by atoms with Gasteiger partial charge in [0.2, 0.25) is 5.91 Å². The maximum absolute atomic E-state index is 11.6. The van der Waals surface area contributed by atoms with Gasteiger partial charge in [0, 0.05) is 12.1 Å². The molecular weight excluding hydrogens is 226 g/mol. The molecule has 1 saturated carbocycles. The van der Waals surface area contributed by atoms with E-state index in [2.05, 4.69) is 17.1 Å². The molecule has 1 unspecified atom stereocenters. The minimum atomic E-state index is -0.572. The van der Waals surface area contributed by atoms with Crippen LogP contribution in [0.5, 0.6) is 0 Å². The number of carbonyl (C=O) groups excluding carboxylic acids is 1. The molecule has 1 amide bonds. The van der Waals surface area contributed by atoms with Crippen molar-refractivity contribution in [3.8, 4) is 0 Å². The highest BCUT2D eigenvalue weighted by Crippen LogP contribution is 2.27. The molecule has 18 heavy (non-hydrogen) atoms. The van der Waals surface area contributed by atoms with E-state index in [-0.39, 0.29) is 11.9 Å². The molecule has 1 aliphatic rings. The summed E-state index contributed by atoms with van der Waals surface area (Å²) in [7, 11) is 0. The van der Waals surface area contributed by atoms with Crippen LogP contribution in [0.3, 0.4) is 0 Å². The molecule has 4 heteroatoms. The predicted octanol–water partition coefficient (Wildman–Crippen LogP) is 1.49. The van der Waals surface area contributed by atoms with Gasteiger partial charge < -0.3 is 16.0 Å². The maximum Gasteiger partial charge on any atom is 0.237 e. The van der Waals surface area contributed by atoms with Crippen molar-refractivity contribution in [2.24, 2.45) is 5.73 Å². The molecule has 0 aliphatic heterocycles. The van der Waals surface area contributed by atoms with Gasteiger partial charge in [-0.1, -0.05) is 6.92 Å². The van der Waals surface area contributed by atoms with Gasteiger partial charge in [-0.25, -0.2) is 0 Å². The molecule has 0 bridgehead atoms. The van der Waals surface area contributed by atoms with E-state index in [0.29, 0.717) is 0 Å². The highest BCUT2D eigenvalue weighted by molar-refractivity contribution is 5.84. The first kappa shape index (κ1) is 15.4. The second-order valence-electron chi connectivity index (χ2n) is 5.96. The Kier molecular flexibility index (Phi) is 5.60. The fraction of sp³-hybridized carbons (Fsp3) is 0.929. The Morgan fingerprint density at radius 3 is 2.50 bits per heavy atom. The zero-order chi connectivity index (χ0) is 13.8. The summed E-state index contributed by atoms with van der Waals surface area (Å²) < 4.78 is 0. The van der Waals surface area contributed by atoms with Crippen LogP contribution in [0, 0.1) is 0 Å². The monoisotopic (exact) mass is 255 g/mol. The number of nitrogens with zero attached hydrogens (tertiary/aromatic N) is 1. The third-order valence-corrected chi connectivity index (χ3v) is 3.74. The first-order chi connectivity index (χ1) is 8.39. The van der Waals surface area contributed by atoms with Gasteiger partial charge in [-0.05, 0) is 59.5 Å². The van der Waals surface area contributed by atoms with Gasteiger partial charge in [0.15, 0.2) is 0 Å². The smallest absolute Gasteiger partial charge is 0.237 e. The Morgan fingerprint density at radius 2 is 2.11 bits per heavy atom. The molecule has 1 atom stereocenters. The van der Waals surface area contributed by atoms with Crippen LogP contribution < -0.4 is 11.1 Å². The van der Waals surface area contributed by atoms with Crippen molar-refractivity contribution in [1.29, 1.82) is 0 Å². The molecule has 1 aliphatic carbocycles. The molecule has 0 heterocycles. The summed E-state index contributed by atoms with van der Waals surface area (Å²) in [6.45, 7) is 10.4. The predicted molar refractivity (Wildman–Crippen MR) is 75.4 cm³/mol. The topological polar surface area (TPSA) is 58.4 Å². The van der Waals surface area contributed by atoms with Crippen molar-refractivity contribution >= 4 is 5.91 Å². The number of nitrogens with one attached hydrogen (secondary N) is 1. The summed E-state index contributed by atoms with van der Waals surface area (Å²) in [6.07, 6.45) is 4.50. The van der Waals surface area contributed by atoms with Crippen LogP contribution in [0.15, 0.2) is 0 Å². The molecule has 4 nitrogen and oxygen atoms in total. The molecule has 0 saturated heterocycles. The Morgan fingerprint density at radius 1 is 1.50 bits per heavy atom. The minimum Gasteiger partial charge on any atom is -0.368 e. The molecule has 0 aromatic rings. The molecule has 0 radical (unpaired) electrons. The van der Waals surface area contributed by atoms with E-state index in [1.54, 1.807) is 0 Å². The third kappa shape index (κ3) is 4.58. The summed E-state index contributed by atoms with van der Waals surface area (Å²) in [5, 5.41) is 3.30. The van der Waals surface area contributed by atoms with Crippen molar-refractivity contribution < 1.29 is 4.79 Å². The Balaban J connectivity index is 2.39. The number of carbonyl (C=O) groups is 1. The van der Waals surface area contributed by atoms with Gasteiger partial charge >= 0.3 is 0 Å². The zero-order valence-corrected chi connectivity index (χ0v) is 12.3. The van der Waals surface area contributed by atoms with Crippen molar-refractivity contribution in [3.05, 3.63) is 0 Å². The van der Waals surface area contributed by atoms with E-state index >= 15 is 0 Å². The van der Waals surface area contributed by atoms with Crippen molar-refractivity contribution in [1.82, 2.24) is 10.2 Å². The number of hydrogen-bond acceptors (Lipinski definition) is 3. The molecule has 0 aromatic carbocycles. The fourth-order valence-corrected chi connectivity index (χ4v) is 2.58. The summed E-state index contributed by atoms with van der Waals surface area (Å²) >= 11 is 0. The quantitative estimate of drug-likeness (QED) is 0.656. The Labute approximate surface area is 111 Å². The van der Waals surface area contributed by atoms with Gasteiger partial charge in [0.05, 0.1) is 5.54 Å². The lowest BCUT2D eigenvalue weighted by Gasteiger charge is -2.31. The highest BCUT2D eigenvalue weighted by atomic mass is 16.1. The van der Waals surface area contributed by atoms with Gasteiger partial charge in [-0.3, -0.25) is 4.79 Å². The standard InChI is InChI=1S/C14H29N3O/c1-5-17(12-7-8-12)10-6-9-14(4,13(15)18)16-11(2)3/h11-12,16H,5-10H2,1-4H3,(H2,15,18). The number of rotatable bonds is 9. The van der Waals surface area contributed by atoms with E-state index < -0.39 is 5.54 Å². The normalized spacial score (nSPS) is 19.2. The van der Waals surface area contributed by atoms with Crippen LogP contribution in [0.4, 0.5) is 0 Å².